The molecule has 4 heterocycles. The van der Waals surface area contributed by atoms with Crippen LogP contribution in [0.1, 0.15) is 48.9 Å². The molecule has 0 fully saturated rings. The van der Waals surface area contributed by atoms with E-state index in [0.717, 1.165) is 67.4 Å². The summed E-state index contributed by atoms with van der Waals surface area (Å²) in [7, 11) is 0. The molecule has 0 saturated carbocycles. The second-order valence-corrected chi connectivity index (χ2v) is 13.6. The quantitative estimate of drug-likeness (QED) is 0.156. The van der Waals surface area contributed by atoms with E-state index in [2.05, 4.69) is 105 Å². The van der Waals surface area contributed by atoms with Crippen molar-refractivity contribution >= 4 is 43.9 Å². The Morgan fingerprint density at radius 3 is 2.08 bits per heavy atom. The maximum Gasteiger partial charge on any atom is 0.120 e. The van der Waals surface area contributed by atoms with E-state index in [0.29, 0.717) is 5.92 Å². The standard InChI is InChI=1S/C30H28NO.C17H10NO.Ir/c1-19(2)16-23-17-27(31-18-20(23)3)25-15-14-24(21(4)22-10-6-5-7-11-22)29-26-12-8-9-13-28(26)32-30(25)29;1-2-10-16-12(6-1)13-7-5-8-14(17(13)19-16)15-9-3-4-11-18-15;/h5-14,17-19,21H,16H2,1-4H3;1-7,9-11H;/q2*-1;. The number of aryl methyl sites for hydroxylation is 1. The van der Waals surface area contributed by atoms with Crippen LogP contribution in [0.4, 0.5) is 0 Å². The molecule has 9 rings (SSSR count). The maximum absolute atomic E-state index is 6.44. The molecule has 0 spiro atoms. The van der Waals surface area contributed by atoms with E-state index >= 15 is 0 Å². The van der Waals surface area contributed by atoms with Gasteiger partial charge < -0.3 is 18.8 Å². The van der Waals surface area contributed by atoms with Gasteiger partial charge in [0.25, 0.3) is 0 Å². The Labute approximate surface area is 317 Å². The molecule has 0 saturated heterocycles. The summed E-state index contributed by atoms with van der Waals surface area (Å²) in [6.45, 7) is 8.90. The first kappa shape index (κ1) is 35.1. The summed E-state index contributed by atoms with van der Waals surface area (Å²) in [5.74, 6) is 0.820. The second-order valence-electron chi connectivity index (χ2n) is 13.6. The Kier molecular flexibility index (Phi) is 10.2. The first-order chi connectivity index (χ1) is 25.0. The number of nitrogens with zero attached hydrogens (tertiary/aromatic N) is 2. The van der Waals surface area contributed by atoms with Gasteiger partial charge in [0.05, 0.1) is 11.2 Å². The Morgan fingerprint density at radius 1 is 0.654 bits per heavy atom. The molecule has 0 aliphatic heterocycles. The number of hydrogen-bond acceptors (Lipinski definition) is 4. The zero-order valence-electron chi connectivity index (χ0n) is 29.6. The van der Waals surface area contributed by atoms with Crippen molar-refractivity contribution in [2.75, 3.05) is 0 Å². The summed E-state index contributed by atoms with van der Waals surface area (Å²) in [6.07, 6.45) is 4.80. The summed E-state index contributed by atoms with van der Waals surface area (Å²) in [5, 5.41) is 4.54. The van der Waals surface area contributed by atoms with Crippen molar-refractivity contribution in [3.63, 3.8) is 0 Å². The third-order valence-corrected chi connectivity index (χ3v) is 9.61. The molecule has 4 aromatic heterocycles. The van der Waals surface area contributed by atoms with Gasteiger partial charge in [-0.15, -0.1) is 35.9 Å². The molecule has 1 atom stereocenters. The van der Waals surface area contributed by atoms with Gasteiger partial charge in [0.15, 0.2) is 0 Å². The van der Waals surface area contributed by atoms with Crippen LogP contribution in [0.5, 0.6) is 0 Å². The van der Waals surface area contributed by atoms with Gasteiger partial charge in [0.2, 0.25) is 0 Å². The van der Waals surface area contributed by atoms with E-state index in [4.69, 9.17) is 13.8 Å². The van der Waals surface area contributed by atoms with Crippen molar-refractivity contribution in [3.8, 4) is 22.5 Å². The number of fused-ring (bicyclic) bond motifs is 6. The van der Waals surface area contributed by atoms with E-state index in [9.17, 15) is 0 Å². The third kappa shape index (κ3) is 6.70. The fourth-order valence-corrected chi connectivity index (χ4v) is 7.00. The Balaban J connectivity index is 0.000000179. The third-order valence-electron chi connectivity index (χ3n) is 9.61. The predicted molar refractivity (Wildman–Crippen MR) is 209 cm³/mol. The average Bonchev–Trinajstić information content (AvgIpc) is 3.75. The van der Waals surface area contributed by atoms with E-state index in [1.807, 2.05) is 66.9 Å². The van der Waals surface area contributed by atoms with E-state index in [-0.39, 0.29) is 26.0 Å². The first-order valence-corrected chi connectivity index (χ1v) is 17.6. The van der Waals surface area contributed by atoms with Crippen LogP contribution in [0.2, 0.25) is 0 Å². The zero-order valence-corrected chi connectivity index (χ0v) is 32.0. The van der Waals surface area contributed by atoms with Crippen molar-refractivity contribution < 1.29 is 28.9 Å². The Morgan fingerprint density at radius 2 is 1.33 bits per heavy atom. The molecular weight excluding hydrogens is 817 g/mol. The summed E-state index contributed by atoms with van der Waals surface area (Å²) in [5.41, 5.74) is 12.3. The summed E-state index contributed by atoms with van der Waals surface area (Å²) >= 11 is 0. The summed E-state index contributed by atoms with van der Waals surface area (Å²) < 4.78 is 12.4. The zero-order chi connectivity index (χ0) is 34.9. The van der Waals surface area contributed by atoms with E-state index in [1.54, 1.807) is 6.20 Å². The van der Waals surface area contributed by atoms with Gasteiger partial charge in [-0.2, -0.15) is 0 Å². The van der Waals surface area contributed by atoms with Gasteiger partial charge in [-0.3, -0.25) is 0 Å². The molecule has 259 valence electrons. The maximum atomic E-state index is 6.44. The smallest absolute Gasteiger partial charge is 0.120 e. The largest absolute Gasteiger partial charge is 0.501 e. The normalized spacial score (nSPS) is 11.9. The summed E-state index contributed by atoms with van der Waals surface area (Å²) in [4.78, 5) is 9.16. The van der Waals surface area contributed by atoms with Crippen LogP contribution in [0.25, 0.3) is 66.4 Å². The number of benzene rings is 5. The van der Waals surface area contributed by atoms with Crippen LogP contribution in [0, 0.1) is 25.0 Å². The minimum atomic E-state index is 0. The van der Waals surface area contributed by atoms with E-state index < -0.39 is 0 Å². The molecule has 4 nitrogen and oxygen atoms in total. The fourth-order valence-electron chi connectivity index (χ4n) is 7.00. The van der Waals surface area contributed by atoms with Gasteiger partial charge in [-0.1, -0.05) is 133 Å². The first-order valence-electron chi connectivity index (χ1n) is 17.6. The van der Waals surface area contributed by atoms with Crippen molar-refractivity contribution in [1.29, 1.82) is 0 Å². The monoisotopic (exact) mass is 855 g/mol. The van der Waals surface area contributed by atoms with E-state index in [1.165, 1.54) is 27.6 Å². The molecule has 0 amide bonds. The molecule has 52 heavy (non-hydrogen) atoms. The molecule has 9 aromatic rings. The minimum absolute atomic E-state index is 0. The molecule has 0 aliphatic rings. The average molecular weight is 855 g/mol. The number of furan rings is 2. The SMILES string of the molecule is Cc1cnc(-c2[c-]cc(C(C)c3ccccc3)c3c2oc2ccccc23)cc1CC(C)C.[Ir].[c-]1ccc2c(oc3ccccc32)c1-c1ccccn1. The molecular formula is C47H38IrN2O2-2. The topological polar surface area (TPSA) is 52.1 Å². The van der Waals surface area contributed by atoms with Crippen LogP contribution >= 0.6 is 0 Å². The number of hydrogen-bond donors (Lipinski definition) is 0. The summed E-state index contributed by atoms with van der Waals surface area (Å²) in [6, 6.07) is 47.9. The van der Waals surface area contributed by atoms with Crippen molar-refractivity contribution in [3.05, 3.63) is 168 Å². The number of pyridine rings is 2. The molecule has 0 bridgehead atoms. The second kappa shape index (κ2) is 15.1. The van der Waals surface area contributed by atoms with Crippen molar-refractivity contribution in [2.24, 2.45) is 5.92 Å². The Hall–Kier alpha value is -5.35. The van der Waals surface area contributed by atoms with Crippen LogP contribution < -0.4 is 0 Å². The van der Waals surface area contributed by atoms with Gasteiger partial charge in [0.1, 0.15) is 11.2 Å². The molecule has 1 unspecified atom stereocenters. The van der Waals surface area contributed by atoms with Crippen molar-refractivity contribution in [2.45, 2.75) is 40.0 Å². The van der Waals surface area contributed by atoms with Crippen LogP contribution in [-0.2, 0) is 26.5 Å². The molecule has 5 aromatic carbocycles. The number of rotatable bonds is 6. The van der Waals surface area contributed by atoms with Crippen LogP contribution in [0.15, 0.2) is 143 Å². The van der Waals surface area contributed by atoms with Gasteiger partial charge in [0, 0.05) is 43.3 Å². The predicted octanol–water partition coefficient (Wildman–Crippen LogP) is 12.6. The number of para-hydroxylation sites is 2. The van der Waals surface area contributed by atoms with Crippen LogP contribution in [-0.4, -0.2) is 9.97 Å². The Bertz CT molecular complexity index is 2620. The molecule has 0 N–H and O–H groups in total. The minimum Gasteiger partial charge on any atom is -0.501 e. The number of aromatic nitrogens is 2. The van der Waals surface area contributed by atoms with Gasteiger partial charge in [-0.05, 0) is 65.9 Å². The van der Waals surface area contributed by atoms with Gasteiger partial charge >= 0.3 is 0 Å². The fraction of sp³-hybridized carbons (Fsp3) is 0.149. The van der Waals surface area contributed by atoms with Crippen LogP contribution in [0.3, 0.4) is 0 Å². The molecule has 1 radical (unpaired) electrons. The van der Waals surface area contributed by atoms with Crippen molar-refractivity contribution in [1.82, 2.24) is 9.97 Å². The molecule has 0 aliphatic carbocycles. The van der Waals surface area contributed by atoms with Gasteiger partial charge in [-0.25, -0.2) is 0 Å². The molecule has 5 heteroatoms.